The lowest BCUT2D eigenvalue weighted by Crippen LogP contribution is -2.43. The molecule has 0 aliphatic carbocycles. The number of carbonyl (C=O) groups is 2. The zero-order valence-corrected chi connectivity index (χ0v) is 22.6. The van der Waals surface area contributed by atoms with Crippen LogP contribution in [0.25, 0.3) is 10.9 Å². The number of hydrogen-bond acceptors (Lipinski definition) is 3. The minimum Gasteiger partial charge on any atom is -0.497 e. The number of methoxy groups -OCH3 is 1. The zero-order chi connectivity index (χ0) is 26.9. The minimum atomic E-state index is -0.108. The van der Waals surface area contributed by atoms with Gasteiger partial charge in [0.2, 0.25) is 5.91 Å². The normalized spacial score (nSPS) is 10.9. The molecule has 1 aromatic heterocycles. The van der Waals surface area contributed by atoms with Gasteiger partial charge in [0.05, 0.1) is 7.11 Å². The van der Waals surface area contributed by atoms with Crippen LogP contribution in [0.1, 0.15) is 47.3 Å². The molecule has 6 nitrogen and oxygen atoms in total. The van der Waals surface area contributed by atoms with Crippen LogP contribution in [0.2, 0.25) is 0 Å². The average molecular weight is 512 g/mol. The van der Waals surface area contributed by atoms with Crippen molar-refractivity contribution >= 4 is 22.7 Å². The summed E-state index contributed by atoms with van der Waals surface area (Å²) in [6.45, 7) is 5.70. The Morgan fingerprint density at radius 1 is 0.842 bits per heavy atom. The van der Waals surface area contributed by atoms with Crippen molar-refractivity contribution < 1.29 is 14.3 Å². The first-order valence-electron chi connectivity index (χ1n) is 13.4. The van der Waals surface area contributed by atoms with Crippen LogP contribution in [0.15, 0.2) is 79.0 Å². The van der Waals surface area contributed by atoms with Gasteiger partial charge in [0.1, 0.15) is 12.3 Å². The van der Waals surface area contributed by atoms with Gasteiger partial charge in [-0.3, -0.25) is 9.59 Å². The summed E-state index contributed by atoms with van der Waals surface area (Å²) in [6.07, 6.45) is 4.43. The summed E-state index contributed by atoms with van der Waals surface area (Å²) in [5.41, 5.74) is 5.07. The zero-order valence-electron chi connectivity index (χ0n) is 22.6. The Morgan fingerprint density at radius 2 is 1.55 bits per heavy atom. The van der Waals surface area contributed by atoms with Crippen molar-refractivity contribution in [3.8, 4) is 5.75 Å². The van der Waals surface area contributed by atoms with Gasteiger partial charge in [0.15, 0.2) is 0 Å². The van der Waals surface area contributed by atoms with Gasteiger partial charge >= 0.3 is 0 Å². The van der Waals surface area contributed by atoms with Crippen LogP contribution in [0.4, 0.5) is 0 Å². The molecule has 0 spiro atoms. The molecule has 2 amide bonds. The molecule has 0 saturated heterocycles. The Morgan fingerprint density at radius 3 is 2.24 bits per heavy atom. The standard InChI is InChI=1S/C32H37N3O3/c1-4-19-35(32(37)26-14-10-24(5-2)11-15-26)23-31(36)34(22-25-12-16-28(38-3)17-13-25)20-18-27-21-33-30-9-7-6-8-29(27)30/h6-17,21,33H,4-5,18-20,22-23H2,1-3H3. The van der Waals surface area contributed by atoms with E-state index >= 15 is 0 Å². The van der Waals surface area contributed by atoms with Crippen LogP contribution in [-0.2, 0) is 24.2 Å². The molecule has 4 aromatic rings. The third-order valence-electron chi connectivity index (χ3n) is 6.93. The molecule has 198 valence electrons. The Balaban J connectivity index is 1.53. The number of aromatic amines is 1. The van der Waals surface area contributed by atoms with E-state index in [9.17, 15) is 9.59 Å². The predicted octanol–water partition coefficient (Wildman–Crippen LogP) is 5.86. The van der Waals surface area contributed by atoms with Crippen LogP contribution in [-0.4, -0.2) is 53.3 Å². The lowest BCUT2D eigenvalue weighted by atomic mass is 10.1. The summed E-state index contributed by atoms with van der Waals surface area (Å²) in [7, 11) is 1.64. The van der Waals surface area contributed by atoms with Crippen LogP contribution in [0.5, 0.6) is 5.75 Å². The highest BCUT2D eigenvalue weighted by Gasteiger charge is 2.22. The number of H-pyrrole nitrogens is 1. The predicted molar refractivity (Wildman–Crippen MR) is 152 cm³/mol. The maximum atomic E-state index is 13.7. The highest BCUT2D eigenvalue weighted by molar-refractivity contribution is 5.96. The van der Waals surface area contributed by atoms with Crippen molar-refractivity contribution in [2.75, 3.05) is 26.7 Å². The first-order chi connectivity index (χ1) is 18.5. The lowest BCUT2D eigenvalue weighted by molar-refractivity contribution is -0.132. The average Bonchev–Trinajstić information content (AvgIpc) is 3.38. The molecule has 1 N–H and O–H groups in total. The van der Waals surface area contributed by atoms with Gasteiger partial charge in [-0.25, -0.2) is 0 Å². The van der Waals surface area contributed by atoms with Gasteiger partial charge in [0, 0.05) is 42.3 Å². The molecule has 6 heteroatoms. The summed E-state index contributed by atoms with van der Waals surface area (Å²) in [4.78, 5) is 33.9. The van der Waals surface area contributed by atoms with Crippen molar-refractivity contribution in [2.24, 2.45) is 0 Å². The fraction of sp³-hybridized carbons (Fsp3) is 0.312. The number of carbonyl (C=O) groups excluding carboxylic acids is 2. The molecule has 38 heavy (non-hydrogen) atoms. The SMILES string of the molecule is CCCN(CC(=O)N(CCc1c[nH]c2ccccc12)Cc1ccc(OC)cc1)C(=O)c1ccc(CC)cc1. The van der Waals surface area contributed by atoms with E-state index in [1.807, 2.05) is 78.7 Å². The molecule has 1 heterocycles. The number of rotatable bonds is 12. The number of aryl methyl sites for hydroxylation is 1. The number of benzene rings is 3. The van der Waals surface area contributed by atoms with Crippen LogP contribution in [0.3, 0.4) is 0 Å². The molecule has 0 aliphatic rings. The fourth-order valence-electron chi connectivity index (χ4n) is 4.69. The van der Waals surface area contributed by atoms with E-state index < -0.39 is 0 Å². The molecule has 0 fully saturated rings. The molecule has 0 unspecified atom stereocenters. The maximum absolute atomic E-state index is 13.7. The highest BCUT2D eigenvalue weighted by atomic mass is 16.5. The lowest BCUT2D eigenvalue weighted by Gasteiger charge is -2.28. The Kier molecular flexibility index (Phi) is 9.20. The second-order valence-corrected chi connectivity index (χ2v) is 9.55. The summed E-state index contributed by atoms with van der Waals surface area (Å²) >= 11 is 0. The van der Waals surface area contributed by atoms with Gasteiger partial charge in [-0.2, -0.15) is 0 Å². The molecular weight excluding hydrogens is 474 g/mol. The minimum absolute atomic E-state index is 0.0479. The number of nitrogens with zero attached hydrogens (tertiary/aromatic N) is 2. The number of aromatic nitrogens is 1. The molecule has 0 aliphatic heterocycles. The third-order valence-corrected chi connectivity index (χ3v) is 6.93. The fourth-order valence-corrected chi connectivity index (χ4v) is 4.69. The van der Waals surface area contributed by atoms with Crippen molar-refractivity contribution in [2.45, 2.75) is 39.7 Å². The number of hydrogen-bond donors (Lipinski definition) is 1. The van der Waals surface area contributed by atoms with Gasteiger partial charge in [-0.15, -0.1) is 0 Å². The summed E-state index contributed by atoms with van der Waals surface area (Å²) in [5, 5.41) is 1.17. The topological polar surface area (TPSA) is 65.6 Å². The van der Waals surface area contributed by atoms with Crippen molar-refractivity contribution in [3.63, 3.8) is 0 Å². The first kappa shape index (κ1) is 27.0. The van der Waals surface area contributed by atoms with E-state index in [2.05, 4.69) is 24.0 Å². The van der Waals surface area contributed by atoms with E-state index in [1.165, 1.54) is 16.5 Å². The molecule has 0 bridgehead atoms. The molecule has 3 aromatic carbocycles. The monoisotopic (exact) mass is 511 g/mol. The van der Waals surface area contributed by atoms with E-state index in [4.69, 9.17) is 4.74 Å². The molecule has 0 saturated carbocycles. The second kappa shape index (κ2) is 13.0. The molecule has 0 radical (unpaired) electrons. The van der Waals surface area contributed by atoms with Crippen LogP contribution < -0.4 is 4.74 Å². The summed E-state index contributed by atoms with van der Waals surface area (Å²) in [6, 6.07) is 23.7. The smallest absolute Gasteiger partial charge is 0.254 e. The third kappa shape index (κ3) is 6.62. The van der Waals surface area contributed by atoms with Crippen molar-refractivity contribution in [3.05, 3.63) is 101 Å². The molecule has 4 rings (SSSR count). The van der Waals surface area contributed by atoms with E-state index in [0.717, 1.165) is 29.7 Å². The Hall–Kier alpha value is -4.06. The van der Waals surface area contributed by atoms with Gasteiger partial charge < -0.3 is 19.5 Å². The Bertz CT molecular complexity index is 1340. The summed E-state index contributed by atoms with van der Waals surface area (Å²) < 4.78 is 5.29. The Labute approximate surface area is 225 Å². The van der Waals surface area contributed by atoms with Crippen LogP contribution in [0, 0.1) is 0 Å². The quantitative estimate of drug-likeness (QED) is 0.259. The summed E-state index contributed by atoms with van der Waals surface area (Å²) in [5.74, 6) is 0.607. The number of ether oxygens (including phenoxy) is 1. The first-order valence-corrected chi connectivity index (χ1v) is 13.4. The number of nitrogens with one attached hydrogen (secondary N) is 1. The van der Waals surface area contributed by atoms with Crippen LogP contribution >= 0.6 is 0 Å². The molecular formula is C32H37N3O3. The van der Waals surface area contributed by atoms with E-state index in [-0.39, 0.29) is 18.4 Å². The second-order valence-electron chi connectivity index (χ2n) is 9.55. The van der Waals surface area contributed by atoms with Gasteiger partial charge in [-0.1, -0.05) is 56.3 Å². The molecule has 0 atom stereocenters. The maximum Gasteiger partial charge on any atom is 0.254 e. The van der Waals surface area contributed by atoms with E-state index in [1.54, 1.807) is 12.0 Å². The van der Waals surface area contributed by atoms with Gasteiger partial charge in [0.25, 0.3) is 5.91 Å². The highest BCUT2D eigenvalue weighted by Crippen LogP contribution is 2.20. The number of amides is 2. The number of fused-ring (bicyclic) bond motifs is 1. The number of para-hydroxylation sites is 1. The van der Waals surface area contributed by atoms with Crippen molar-refractivity contribution in [1.29, 1.82) is 0 Å². The largest absolute Gasteiger partial charge is 0.497 e. The van der Waals surface area contributed by atoms with Crippen molar-refractivity contribution in [1.82, 2.24) is 14.8 Å². The van der Waals surface area contributed by atoms with E-state index in [0.29, 0.717) is 31.6 Å². The van der Waals surface area contributed by atoms with Gasteiger partial charge in [-0.05, 0) is 66.3 Å².